The Balaban J connectivity index is 1.16. The van der Waals surface area contributed by atoms with Gasteiger partial charge in [-0.1, -0.05) is 38.8 Å². The lowest BCUT2D eigenvalue weighted by Crippen LogP contribution is -2.57. The molecule has 12 nitrogen and oxygen atoms in total. The van der Waals surface area contributed by atoms with E-state index in [9.17, 15) is 36.0 Å². The zero-order chi connectivity index (χ0) is 45.0. The van der Waals surface area contributed by atoms with E-state index in [1.165, 1.54) is 16.2 Å². The predicted molar refractivity (Wildman–Crippen MR) is 232 cm³/mol. The lowest BCUT2D eigenvalue weighted by Gasteiger charge is -2.30. The Hall–Kier alpha value is -5.03. The zero-order valence-electron chi connectivity index (χ0n) is 35.9. The number of aryl methyl sites for hydroxylation is 1. The van der Waals surface area contributed by atoms with Crippen LogP contribution in [0.4, 0.5) is 13.2 Å². The summed E-state index contributed by atoms with van der Waals surface area (Å²) in [5.74, 6) is -6.46. The third-order valence-electron chi connectivity index (χ3n) is 13.1. The van der Waals surface area contributed by atoms with Crippen LogP contribution < -0.4 is 19.5 Å². The second-order valence-electron chi connectivity index (χ2n) is 18.0. The van der Waals surface area contributed by atoms with Crippen molar-refractivity contribution in [2.24, 2.45) is 11.8 Å². The van der Waals surface area contributed by atoms with Crippen LogP contribution in [0.5, 0.6) is 11.5 Å². The van der Waals surface area contributed by atoms with Crippen LogP contribution in [0.25, 0.3) is 21.6 Å². The summed E-state index contributed by atoms with van der Waals surface area (Å²) in [4.78, 5) is 54.9. The number of benzene rings is 2. The molecule has 4 aromatic rings. The summed E-state index contributed by atoms with van der Waals surface area (Å²) in [6.45, 7) is 7.49. The number of nitrogens with zero attached hydrogens (tertiary/aromatic N) is 3. The van der Waals surface area contributed by atoms with Gasteiger partial charge in [-0.25, -0.2) is 31.6 Å². The molecule has 2 aromatic heterocycles. The standard InChI is InChI=1S/C46H52F3N5O7S2/c1-25(2)35-24-62-42(51-35)34-21-38(31-13-14-37(60-5)26(3)40(31)50-34)61-30-20-36-41(55)52-46(44(57)53-63(58,59)45(4)15-16-45)22-29(46)12-10-8-6-7-9-11-28(43(56)54(36)23-30)17-27-18-32(47)39(49)33(48)19-27/h10,12-14,18-19,21,24-25,28-30,36H,6-9,11,15-17,20,22-23H2,1-5H3,(H,52,55)(H,53,57)/b12-10-/t28-,29-,30-,36+,46-/m1/s1. The fourth-order valence-corrected chi connectivity index (χ4v) is 11.0. The Kier molecular flexibility index (Phi) is 12.1. The van der Waals surface area contributed by atoms with Crippen LogP contribution in [0.15, 0.2) is 47.9 Å². The van der Waals surface area contributed by atoms with Crippen molar-refractivity contribution >= 4 is 50.0 Å². The molecule has 2 aromatic carbocycles. The first-order valence-electron chi connectivity index (χ1n) is 21.5. The number of ether oxygens (including phenoxy) is 2. The van der Waals surface area contributed by atoms with Crippen molar-refractivity contribution in [3.05, 3.63) is 82.1 Å². The molecule has 0 bridgehead atoms. The molecule has 4 heterocycles. The van der Waals surface area contributed by atoms with Crippen LogP contribution >= 0.6 is 11.3 Å². The van der Waals surface area contributed by atoms with Crippen LogP contribution in [0.1, 0.15) is 101 Å². The van der Waals surface area contributed by atoms with Crippen LogP contribution in [0, 0.1) is 36.2 Å². The highest BCUT2D eigenvalue weighted by atomic mass is 32.2. The predicted octanol–water partition coefficient (Wildman–Crippen LogP) is 7.82. The number of amides is 3. The number of rotatable bonds is 10. The summed E-state index contributed by atoms with van der Waals surface area (Å²) < 4.78 is 83.2. The number of carbonyl (C=O) groups is 3. The van der Waals surface area contributed by atoms with E-state index in [4.69, 9.17) is 19.4 Å². The number of pyridine rings is 1. The number of hydrogen-bond acceptors (Lipinski definition) is 10. The summed E-state index contributed by atoms with van der Waals surface area (Å²) in [6.07, 6.45) is 6.78. The minimum atomic E-state index is -4.05. The first-order chi connectivity index (χ1) is 29.9. The second-order valence-corrected chi connectivity index (χ2v) is 21.1. The number of methoxy groups -OCH3 is 1. The summed E-state index contributed by atoms with van der Waals surface area (Å²) in [5.41, 5.74) is 1.34. The Morgan fingerprint density at radius 2 is 1.81 bits per heavy atom. The smallest absolute Gasteiger partial charge is 0.259 e. The van der Waals surface area contributed by atoms with Crippen molar-refractivity contribution in [2.75, 3.05) is 13.7 Å². The van der Waals surface area contributed by atoms with Crippen molar-refractivity contribution in [3.8, 4) is 22.2 Å². The molecule has 3 fully saturated rings. The lowest BCUT2D eigenvalue weighted by molar-refractivity contribution is -0.142. The Morgan fingerprint density at radius 3 is 2.49 bits per heavy atom. The molecule has 63 heavy (non-hydrogen) atoms. The fraction of sp³-hybridized carbons (Fsp3) is 0.500. The highest BCUT2D eigenvalue weighted by Crippen LogP contribution is 2.48. The maximum absolute atomic E-state index is 14.9. The number of fused-ring (bicyclic) bond motifs is 3. The molecule has 2 saturated carbocycles. The lowest BCUT2D eigenvalue weighted by atomic mass is 9.91. The van der Waals surface area contributed by atoms with E-state index >= 15 is 0 Å². The Bertz CT molecular complexity index is 2590. The molecule has 8 rings (SSSR count). The van der Waals surface area contributed by atoms with Gasteiger partial charge in [0.25, 0.3) is 5.91 Å². The monoisotopic (exact) mass is 907 g/mol. The van der Waals surface area contributed by atoms with Gasteiger partial charge in [0, 0.05) is 40.7 Å². The molecule has 0 radical (unpaired) electrons. The van der Waals surface area contributed by atoms with Crippen molar-refractivity contribution in [1.82, 2.24) is 24.9 Å². The maximum atomic E-state index is 14.9. The summed E-state index contributed by atoms with van der Waals surface area (Å²) in [5, 5.41) is 6.21. The van der Waals surface area contributed by atoms with E-state index in [1.54, 1.807) is 20.1 Å². The van der Waals surface area contributed by atoms with Gasteiger partial charge in [-0.05, 0) is 94.5 Å². The van der Waals surface area contributed by atoms with E-state index in [-0.39, 0.29) is 37.3 Å². The molecule has 2 aliphatic heterocycles. The molecule has 336 valence electrons. The van der Waals surface area contributed by atoms with Gasteiger partial charge in [-0.2, -0.15) is 0 Å². The normalized spacial score (nSPS) is 25.4. The van der Waals surface area contributed by atoms with Gasteiger partial charge in [-0.3, -0.25) is 19.1 Å². The second kappa shape index (κ2) is 17.2. The molecule has 4 aliphatic rings. The SMILES string of the molecule is COc1ccc2c(O[C@@H]3C[C@H]4C(=O)N[C@]5(C(=O)NS(=O)(=O)C6(C)CC6)C[C@H]5/C=C\CCCCC[C@H](Cc5cc(F)c(F)c(F)c5)C(=O)N4C3)cc(-c3nc(C(C)C)cs3)nc2c1C. The largest absolute Gasteiger partial charge is 0.496 e. The molecule has 5 atom stereocenters. The van der Waals surface area contributed by atoms with Gasteiger partial charge >= 0.3 is 0 Å². The molecular formula is C46H52F3N5O7S2. The Labute approximate surface area is 369 Å². The van der Waals surface area contributed by atoms with Crippen molar-refractivity contribution in [1.29, 1.82) is 0 Å². The number of nitrogens with one attached hydrogen (secondary N) is 2. The van der Waals surface area contributed by atoms with Crippen molar-refractivity contribution < 1.29 is 45.4 Å². The Morgan fingerprint density at radius 1 is 1.06 bits per heavy atom. The van der Waals surface area contributed by atoms with Crippen LogP contribution in [0.2, 0.25) is 0 Å². The van der Waals surface area contributed by atoms with Gasteiger partial charge in [-0.15, -0.1) is 11.3 Å². The third kappa shape index (κ3) is 8.79. The van der Waals surface area contributed by atoms with E-state index in [0.717, 1.165) is 29.8 Å². The molecular weight excluding hydrogens is 856 g/mol. The number of halogens is 3. The van der Waals surface area contributed by atoms with Crippen LogP contribution in [-0.2, 0) is 30.8 Å². The molecule has 2 aliphatic carbocycles. The maximum Gasteiger partial charge on any atom is 0.259 e. The summed E-state index contributed by atoms with van der Waals surface area (Å²) in [7, 11) is -2.48. The minimum absolute atomic E-state index is 0.0122. The molecule has 17 heteroatoms. The van der Waals surface area contributed by atoms with Crippen molar-refractivity contribution in [3.63, 3.8) is 0 Å². The number of thiazole rings is 1. The first-order valence-corrected chi connectivity index (χ1v) is 23.9. The summed E-state index contributed by atoms with van der Waals surface area (Å²) in [6, 6.07) is 6.00. The highest BCUT2D eigenvalue weighted by Gasteiger charge is 2.63. The first kappa shape index (κ1) is 44.6. The van der Waals surface area contributed by atoms with Gasteiger partial charge in [0.2, 0.25) is 21.8 Å². The van der Waals surface area contributed by atoms with Crippen LogP contribution in [0.3, 0.4) is 0 Å². The average molecular weight is 908 g/mol. The topological polar surface area (TPSA) is 157 Å². The van der Waals surface area contributed by atoms with E-state index in [2.05, 4.69) is 23.9 Å². The quantitative estimate of drug-likeness (QED) is 0.120. The van der Waals surface area contributed by atoms with E-state index < -0.39 is 79.5 Å². The van der Waals surface area contributed by atoms with Crippen LogP contribution in [-0.4, -0.2) is 77.1 Å². The number of sulfonamides is 1. The minimum Gasteiger partial charge on any atom is -0.496 e. The van der Waals surface area contributed by atoms with Gasteiger partial charge in [0.1, 0.15) is 39.9 Å². The van der Waals surface area contributed by atoms with Gasteiger partial charge in [0.15, 0.2) is 17.5 Å². The number of aromatic nitrogens is 2. The number of carbonyl (C=O) groups excluding carboxylic acids is 3. The van der Waals surface area contributed by atoms with Crippen molar-refractivity contribution in [2.45, 2.75) is 120 Å². The fourth-order valence-electron chi connectivity index (χ4n) is 8.74. The van der Waals surface area contributed by atoms with E-state index in [0.29, 0.717) is 71.6 Å². The molecule has 1 saturated heterocycles. The molecule has 0 unspecified atom stereocenters. The number of hydrogen-bond donors (Lipinski definition) is 2. The molecule has 0 spiro atoms. The molecule has 2 N–H and O–H groups in total. The number of allylic oxidation sites excluding steroid dienone is 1. The van der Waals surface area contributed by atoms with E-state index in [1.807, 2.05) is 36.6 Å². The molecule has 3 amide bonds. The average Bonchev–Trinajstić information content (AvgIpc) is 4.01. The van der Waals surface area contributed by atoms with Gasteiger partial charge < -0.3 is 19.7 Å². The zero-order valence-corrected chi connectivity index (χ0v) is 37.6. The van der Waals surface area contributed by atoms with Gasteiger partial charge in [0.05, 0.1) is 29.6 Å². The third-order valence-corrected chi connectivity index (χ3v) is 16.1. The summed E-state index contributed by atoms with van der Waals surface area (Å²) >= 11 is 1.45. The highest BCUT2D eigenvalue weighted by molar-refractivity contribution is 7.91.